The summed E-state index contributed by atoms with van der Waals surface area (Å²) in [6.45, 7) is 0. The molecule has 0 saturated heterocycles. The van der Waals surface area contributed by atoms with E-state index in [4.69, 9.17) is 10.2 Å². The smallest absolute Gasteiger partial charge is 0.340 e. The van der Waals surface area contributed by atoms with Crippen molar-refractivity contribution in [1.82, 2.24) is 0 Å². The average Bonchev–Trinajstić information content (AvgIpc) is 2.54. The number of aromatic carboxylic acids is 2. The van der Waals surface area contributed by atoms with E-state index < -0.39 is 63.7 Å². The first-order valence-electron chi connectivity index (χ1n) is 5.95. The summed E-state index contributed by atoms with van der Waals surface area (Å²) >= 11 is 0. The summed E-state index contributed by atoms with van der Waals surface area (Å²) in [5.74, 6) is -17.9. The summed E-state index contributed by atoms with van der Waals surface area (Å²) in [5.41, 5.74) is -1.82. The molecule has 2 aromatic carbocycles. The molecule has 0 atom stereocenters. The van der Waals surface area contributed by atoms with Crippen LogP contribution >= 0.6 is 0 Å². The van der Waals surface area contributed by atoms with Crippen LogP contribution in [0.25, 0.3) is 0 Å². The third-order valence-corrected chi connectivity index (χ3v) is 2.85. The Balaban J connectivity index is 2.68. The van der Waals surface area contributed by atoms with Gasteiger partial charge < -0.3 is 14.9 Å². The largest absolute Gasteiger partial charge is 0.478 e. The summed E-state index contributed by atoms with van der Waals surface area (Å²) in [4.78, 5) is 22.1. The molecule has 0 saturated carbocycles. The van der Waals surface area contributed by atoms with Crippen LogP contribution in [0.15, 0.2) is 18.2 Å². The zero-order valence-corrected chi connectivity index (χ0v) is 11.2. The van der Waals surface area contributed by atoms with E-state index in [0.717, 1.165) is 18.2 Å². The predicted octanol–water partition coefficient (Wildman–Crippen LogP) is 3.57. The van der Waals surface area contributed by atoms with Crippen molar-refractivity contribution in [3.8, 4) is 11.5 Å². The zero-order valence-electron chi connectivity index (χ0n) is 11.2. The Bertz CT molecular complexity index is 836. The van der Waals surface area contributed by atoms with Gasteiger partial charge in [-0.15, -0.1) is 0 Å². The van der Waals surface area contributed by atoms with Crippen LogP contribution in [0.2, 0.25) is 0 Å². The van der Waals surface area contributed by atoms with Crippen molar-refractivity contribution in [2.45, 2.75) is 0 Å². The zero-order chi connectivity index (χ0) is 18.2. The van der Waals surface area contributed by atoms with Crippen LogP contribution in [0, 0.1) is 29.1 Å². The number of carbonyl (C=O) groups is 2. The van der Waals surface area contributed by atoms with Crippen LogP contribution in [-0.2, 0) is 0 Å². The highest BCUT2D eigenvalue weighted by atomic mass is 19.2. The molecule has 0 aliphatic heterocycles. The summed E-state index contributed by atoms with van der Waals surface area (Å²) in [6.07, 6.45) is 0. The molecule has 0 amide bonds. The number of hydrogen-bond acceptors (Lipinski definition) is 3. The molecular weight excluding hydrogens is 343 g/mol. The molecule has 2 N–H and O–H groups in total. The number of rotatable bonds is 4. The second-order valence-corrected chi connectivity index (χ2v) is 4.29. The predicted molar refractivity (Wildman–Crippen MR) is 66.7 cm³/mol. The Hall–Kier alpha value is -3.17. The van der Waals surface area contributed by atoms with Crippen LogP contribution < -0.4 is 4.74 Å². The van der Waals surface area contributed by atoms with Crippen molar-refractivity contribution in [3.05, 3.63) is 58.4 Å². The average molecular weight is 348 g/mol. The number of carboxylic acids is 2. The van der Waals surface area contributed by atoms with E-state index >= 15 is 0 Å². The normalized spacial score (nSPS) is 10.5. The van der Waals surface area contributed by atoms with Crippen molar-refractivity contribution in [2.75, 3.05) is 0 Å². The lowest BCUT2D eigenvalue weighted by Crippen LogP contribution is -2.11. The van der Waals surface area contributed by atoms with Gasteiger partial charge in [0.1, 0.15) is 11.3 Å². The lowest BCUT2D eigenvalue weighted by atomic mass is 10.1. The molecule has 5 nitrogen and oxygen atoms in total. The van der Waals surface area contributed by atoms with E-state index in [0.29, 0.717) is 0 Å². The number of hydrogen-bond donors (Lipinski definition) is 2. The van der Waals surface area contributed by atoms with Crippen LogP contribution in [0.4, 0.5) is 22.0 Å². The Morgan fingerprint density at radius 1 is 0.792 bits per heavy atom. The van der Waals surface area contributed by atoms with Crippen molar-refractivity contribution >= 4 is 11.9 Å². The van der Waals surface area contributed by atoms with Gasteiger partial charge in [-0.1, -0.05) is 6.07 Å². The molecule has 2 aromatic rings. The topological polar surface area (TPSA) is 83.8 Å². The number of ether oxygens (including phenoxy) is 1. The summed E-state index contributed by atoms with van der Waals surface area (Å²) < 4.78 is 70.8. The van der Waals surface area contributed by atoms with E-state index in [1.165, 1.54) is 0 Å². The molecule has 0 aliphatic carbocycles. The van der Waals surface area contributed by atoms with Gasteiger partial charge >= 0.3 is 11.9 Å². The fraction of sp³-hybridized carbons (Fsp3) is 0. The highest BCUT2D eigenvalue weighted by Crippen LogP contribution is 2.35. The van der Waals surface area contributed by atoms with Crippen LogP contribution in [0.1, 0.15) is 20.7 Å². The van der Waals surface area contributed by atoms with Gasteiger partial charge in [-0.25, -0.2) is 22.8 Å². The summed E-state index contributed by atoms with van der Waals surface area (Å²) in [7, 11) is 0. The van der Waals surface area contributed by atoms with Gasteiger partial charge in [-0.2, -0.15) is 8.78 Å². The van der Waals surface area contributed by atoms with Crippen LogP contribution in [0.5, 0.6) is 11.5 Å². The Morgan fingerprint density at radius 3 is 1.75 bits per heavy atom. The highest BCUT2D eigenvalue weighted by Gasteiger charge is 2.29. The standard InChI is InChI=1S/C14H5F5O5/c15-7-8(16)10(18)12(11(19)9(7)17)24-5-3-1-2-4(13(20)21)6(5)14(22)23/h1-3H,(H,20,21)(H,22,23). The molecule has 0 bridgehead atoms. The first-order valence-corrected chi connectivity index (χ1v) is 5.95. The minimum Gasteiger partial charge on any atom is -0.478 e. The third-order valence-electron chi connectivity index (χ3n) is 2.85. The maximum absolute atomic E-state index is 13.6. The van der Waals surface area contributed by atoms with Gasteiger partial charge in [0.15, 0.2) is 0 Å². The van der Waals surface area contributed by atoms with Gasteiger partial charge in [0.2, 0.25) is 34.8 Å². The second-order valence-electron chi connectivity index (χ2n) is 4.29. The molecule has 0 heterocycles. The monoisotopic (exact) mass is 348 g/mol. The molecule has 0 aliphatic rings. The van der Waals surface area contributed by atoms with Crippen molar-refractivity contribution < 1.29 is 46.5 Å². The van der Waals surface area contributed by atoms with Crippen LogP contribution in [-0.4, -0.2) is 22.2 Å². The van der Waals surface area contributed by atoms with E-state index in [9.17, 15) is 31.5 Å². The van der Waals surface area contributed by atoms with Gasteiger partial charge in [0.25, 0.3) is 0 Å². The van der Waals surface area contributed by atoms with E-state index in [-0.39, 0.29) is 0 Å². The first kappa shape index (κ1) is 17.2. The number of carboxylic acid groups (broad SMARTS) is 2. The summed E-state index contributed by atoms with van der Waals surface area (Å²) in [5, 5.41) is 17.9. The van der Waals surface area contributed by atoms with Gasteiger partial charge in [0.05, 0.1) is 5.56 Å². The van der Waals surface area contributed by atoms with Crippen molar-refractivity contribution in [3.63, 3.8) is 0 Å². The van der Waals surface area contributed by atoms with Gasteiger partial charge in [0, 0.05) is 0 Å². The highest BCUT2D eigenvalue weighted by molar-refractivity contribution is 6.03. The molecule has 0 fully saturated rings. The van der Waals surface area contributed by atoms with E-state index in [2.05, 4.69) is 4.74 Å². The maximum atomic E-state index is 13.6. The molecule has 0 aromatic heterocycles. The molecule has 0 radical (unpaired) electrons. The SMILES string of the molecule is O=C(O)c1cccc(Oc2c(F)c(F)c(F)c(F)c2F)c1C(=O)O. The fourth-order valence-corrected chi connectivity index (χ4v) is 1.80. The van der Waals surface area contributed by atoms with Gasteiger partial charge in [-0.3, -0.25) is 0 Å². The van der Waals surface area contributed by atoms with E-state index in [1.54, 1.807) is 0 Å². The minimum absolute atomic E-state index is 0.800. The van der Waals surface area contributed by atoms with Crippen molar-refractivity contribution in [2.24, 2.45) is 0 Å². The second kappa shape index (κ2) is 6.14. The van der Waals surface area contributed by atoms with Crippen molar-refractivity contribution in [1.29, 1.82) is 0 Å². The lowest BCUT2D eigenvalue weighted by Gasteiger charge is -2.13. The fourth-order valence-electron chi connectivity index (χ4n) is 1.80. The molecular formula is C14H5F5O5. The Kier molecular flexibility index (Phi) is 4.40. The lowest BCUT2D eigenvalue weighted by molar-refractivity contribution is 0.0649. The Labute approximate surface area is 129 Å². The minimum atomic E-state index is -2.42. The molecule has 24 heavy (non-hydrogen) atoms. The maximum Gasteiger partial charge on any atom is 0.340 e. The molecule has 10 heteroatoms. The molecule has 126 valence electrons. The Morgan fingerprint density at radius 2 is 1.29 bits per heavy atom. The summed E-state index contributed by atoms with van der Waals surface area (Å²) in [6, 6.07) is 2.63. The third kappa shape index (κ3) is 2.73. The van der Waals surface area contributed by atoms with Gasteiger partial charge in [-0.05, 0) is 12.1 Å². The van der Waals surface area contributed by atoms with Crippen LogP contribution in [0.3, 0.4) is 0 Å². The quantitative estimate of drug-likeness (QED) is 0.501. The first-order chi connectivity index (χ1) is 11.2. The molecule has 2 rings (SSSR count). The molecule has 0 unspecified atom stereocenters. The number of benzene rings is 2. The molecule has 0 spiro atoms. The van der Waals surface area contributed by atoms with E-state index in [1.807, 2.05) is 0 Å². The number of halogens is 5.